The van der Waals surface area contributed by atoms with Gasteiger partial charge in [-0.05, 0) is 72.5 Å². The Morgan fingerprint density at radius 1 is 0.804 bits per heavy atom. The van der Waals surface area contributed by atoms with Crippen LogP contribution in [0.1, 0.15) is 43.2 Å². The van der Waals surface area contributed by atoms with Gasteiger partial charge in [-0.15, -0.1) is 0 Å². The minimum atomic E-state index is -4.38. The highest BCUT2D eigenvalue weighted by Crippen LogP contribution is 2.33. The van der Waals surface area contributed by atoms with E-state index in [4.69, 9.17) is 25.8 Å². The number of carbonyl (C=O) groups is 2. The fourth-order valence-electron chi connectivity index (χ4n) is 6.31. The minimum absolute atomic E-state index is 0.00529. The number of ether oxygens (including phenoxy) is 3. The van der Waals surface area contributed by atoms with Gasteiger partial charge < -0.3 is 24.4 Å². The molecule has 270 valence electrons. The maximum atomic E-state index is 14.8. The molecule has 5 rings (SSSR count). The highest BCUT2D eigenvalue weighted by molar-refractivity contribution is 7.92. The second-order valence-corrected chi connectivity index (χ2v) is 14.7. The summed E-state index contributed by atoms with van der Waals surface area (Å²) in [6, 6.07) is 26.2. The van der Waals surface area contributed by atoms with Crippen LogP contribution in [-0.2, 0) is 32.6 Å². The lowest BCUT2D eigenvalue weighted by Crippen LogP contribution is -2.55. The maximum absolute atomic E-state index is 14.8. The first kappa shape index (κ1) is 37.5. The molecule has 1 aliphatic rings. The van der Waals surface area contributed by atoms with Crippen molar-refractivity contribution in [3.63, 3.8) is 0 Å². The van der Waals surface area contributed by atoms with Gasteiger partial charge in [0.15, 0.2) is 11.5 Å². The summed E-state index contributed by atoms with van der Waals surface area (Å²) in [4.78, 5) is 30.5. The summed E-state index contributed by atoms with van der Waals surface area (Å²) in [6.07, 6.45) is 5.10. The molecular weight excluding hydrogens is 690 g/mol. The second-order valence-electron chi connectivity index (χ2n) is 12.4. The number of sulfonamides is 1. The Hall–Kier alpha value is -4.74. The van der Waals surface area contributed by atoms with E-state index >= 15 is 0 Å². The predicted octanol–water partition coefficient (Wildman–Crippen LogP) is 6.65. The van der Waals surface area contributed by atoms with E-state index in [1.54, 1.807) is 31.4 Å². The molecule has 0 radical (unpaired) electrons. The summed E-state index contributed by atoms with van der Waals surface area (Å²) in [6.45, 7) is -0.583. The molecule has 1 aliphatic carbocycles. The summed E-state index contributed by atoms with van der Waals surface area (Å²) in [5, 5.41) is 3.62. The number of hydrogen-bond acceptors (Lipinski definition) is 7. The number of anilines is 1. The summed E-state index contributed by atoms with van der Waals surface area (Å²) in [7, 11) is 0.0483. The third kappa shape index (κ3) is 9.53. The summed E-state index contributed by atoms with van der Waals surface area (Å²) in [5.74, 6) is 0.287. The molecule has 1 saturated carbocycles. The quantitative estimate of drug-likeness (QED) is 0.146. The lowest BCUT2D eigenvalue weighted by molar-refractivity contribution is -0.140. The molecule has 1 N–H and O–H groups in total. The van der Waals surface area contributed by atoms with Crippen molar-refractivity contribution >= 4 is 39.1 Å². The molecule has 0 unspecified atom stereocenters. The molecule has 0 bridgehead atoms. The number of nitrogens with zero attached hydrogens (tertiary/aromatic N) is 2. The van der Waals surface area contributed by atoms with Crippen molar-refractivity contribution in [1.82, 2.24) is 10.2 Å². The Kier molecular flexibility index (Phi) is 12.8. The van der Waals surface area contributed by atoms with Gasteiger partial charge >= 0.3 is 0 Å². The number of halogens is 1. The van der Waals surface area contributed by atoms with E-state index in [2.05, 4.69) is 5.32 Å². The van der Waals surface area contributed by atoms with Crippen molar-refractivity contribution in [2.24, 2.45) is 0 Å². The van der Waals surface area contributed by atoms with Gasteiger partial charge in [0, 0.05) is 30.1 Å². The predicted molar refractivity (Wildman–Crippen MR) is 198 cm³/mol. The van der Waals surface area contributed by atoms with Crippen LogP contribution in [0.25, 0.3) is 0 Å². The zero-order valence-corrected chi connectivity index (χ0v) is 30.7. The molecule has 4 aromatic carbocycles. The third-order valence-corrected chi connectivity index (χ3v) is 11.1. The van der Waals surface area contributed by atoms with Crippen LogP contribution < -0.4 is 23.8 Å². The summed E-state index contributed by atoms with van der Waals surface area (Å²) < 4.78 is 46.2. The Balaban J connectivity index is 1.59. The first-order chi connectivity index (χ1) is 24.6. The zero-order chi connectivity index (χ0) is 36.4. The van der Waals surface area contributed by atoms with Crippen LogP contribution in [0, 0.1) is 0 Å². The lowest BCUT2D eigenvalue weighted by atomic mass is 9.94. The van der Waals surface area contributed by atoms with E-state index in [0.29, 0.717) is 22.1 Å². The Morgan fingerprint density at radius 3 is 2.16 bits per heavy atom. The van der Waals surface area contributed by atoms with Crippen LogP contribution >= 0.6 is 11.6 Å². The Labute approximate surface area is 305 Å². The van der Waals surface area contributed by atoms with Crippen molar-refractivity contribution in [3.05, 3.63) is 113 Å². The lowest BCUT2D eigenvalue weighted by Gasteiger charge is -2.35. The number of rotatable bonds is 15. The number of methoxy groups -OCH3 is 3. The highest BCUT2D eigenvalue weighted by Gasteiger charge is 2.36. The number of carbonyl (C=O) groups excluding carboxylic acids is 2. The molecule has 12 heteroatoms. The van der Waals surface area contributed by atoms with Crippen LogP contribution in [0.2, 0.25) is 5.02 Å². The molecule has 1 atom stereocenters. The number of benzene rings is 4. The Bertz CT molecular complexity index is 1880. The first-order valence-electron chi connectivity index (χ1n) is 16.9. The van der Waals surface area contributed by atoms with Gasteiger partial charge in [0.1, 0.15) is 18.3 Å². The fraction of sp³-hybridized carbons (Fsp3) is 0.333. The van der Waals surface area contributed by atoms with Gasteiger partial charge in [0.05, 0.1) is 31.9 Å². The van der Waals surface area contributed by atoms with Crippen LogP contribution in [-0.4, -0.2) is 65.1 Å². The van der Waals surface area contributed by atoms with Crippen molar-refractivity contribution < 1.29 is 32.2 Å². The normalized spacial score (nSPS) is 13.9. The fourth-order valence-corrected chi connectivity index (χ4v) is 7.86. The standard InChI is InChI=1S/C39H44ClN3O7S/c1-48-33-16-10-13-29(23-33)26-42(35(24-28-11-6-4-7-12-28)39(45)41-31-14-8-5-9-15-31)38(44)27-43(32-19-17-30(40)18-20-32)51(46,47)34-21-22-36(49-2)37(25-34)50-3/h4,6-7,10-13,16-23,25,31,35H,5,8-9,14-15,24,26-27H2,1-3H3,(H,41,45)/t35-/m0/s1. The van der Waals surface area contributed by atoms with Crippen molar-refractivity contribution in [1.29, 1.82) is 0 Å². The molecule has 0 saturated heterocycles. The van der Waals surface area contributed by atoms with Crippen molar-refractivity contribution in [2.45, 2.75) is 62.0 Å². The molecule has 51 heavy (non-hydrogen) atoms. The van der Waals surface area contributed by atoms with Gasteiger partial charge in [0.2, 0.25) is 11.8 Å². The van der Waals surface area contributed by atoms with Crippen LogP contribution in [0.4, 0.5) is 5.69 Å². The molecular formula is C39H44ClN3O7S. The van der Waals surface area contributed by atoms with Gasteiger partial charge in [-0.3, -0.25) is 13.9 Å². The number of amides is 2. The van der Waals surface area contributed by atoms with E-state index in [1.807, 2.05) is 42.5 Å². The maximum Gasteiger partial charge on any atom is 0.264 e. The van der Waals surface area contributed by atoms with Crippen molar-refractivity contribution in [2.75, 3.05) is 32.2 Å². The number of hydrogen-bond donors (Lipinski definition) is 1. The van der Waals surface area contributed by atoms with E-state index < -0.39 is 28.5 Å². The average molecular weight is 734 g/mol. The molecule has 2 amide bonds. The van der Waals surface area contributed by atoms with Gasteiger partial charge in [-0.2, -0.15) is 0 Å². The van der Waals surface area contributed by atoms with E-state index in [0.717, 1.165) is 42.0 Å². The smallest absolute Gasteiger partial charge is 0.264 e. The first-order valence-corrected chi connectivity index (χ1v) is 18.7. The highest BCUT2D eigenvalue weighted by atomic mass is 35.5. The zero-order valence-electron chi connectivity index (χ0n) is 29.1. The molecule has 1 fully saturated rings. The second kappa shape index (κ2) is 17.5. The van der Waals surface area contributed by atoms with E-state index in [-0.39, 0.29) is 41.2 Å². The topological polar surface area (TPSA) is 114 Å². The van der Waals surface area contributed by atoms with E-state index in [9.17, 15) is 18.0 Å². The van der Waals surface area contributed by atoms with Crippen molar-refractivity contribution in [3.8, 4) is 17.2 Å². The Morgan fingerprint density at radius 2 is 1.49 bits per heavy atom. The number of nitrogens with one attached hydrogen (secondary N) is 1. The average Bonchev–Trinajstić information content (AvgIpc) is 3.16. The summed E-state index contributed by atoms with van der Waals surface area (Å²) >= 11 is 6.20. The molecule has 10 nitrogen and oxygen atoms in total. The molecule has 0 aliphatic heterocycles. The molecule has 0 aromatic heterocycles. The van der Waals surface area contributed by atoms with Crippen LogP contribution in [0.3, 0.4) is 0 Å². The van der Waals surface area contributed by atoms with Crippen LogP contribution in [0.15, 0.2) is 102 Å². The van der Waals surface area contributed by atoms with Gasteiger partial charge in [-0.25, -0.2) is 8.42 Å². The minimum Gasteiger partial charge on any atom is -0.497 e. The molecule has 0 heterocycles. The summed E-state index contributed by atoms with van der Waals surface area (Å²) in [5.41, 5.74) is 1.79. The largest absolute Gasteiger partial charge is 0.497 e. The molecule has 0 spiro atoms. The SMILES string of the molecule is COc1cccc(CN(C(=O)CN(c2ccc(Cl)cc2)S(=O)(=O)c2ccc(OC)c(OC)c2)[C@@H](Cc2ccccc2)C(=O)NC2CCCCC2)c1. The van der Waals surface area contributed by atoms with Crippen LogP contribution in [0.5, 0.6) is 17.2 Å². The third-order valence-electron chi connectivity index (χ3n) is 9.05. The van der Waals surface area contributed by atoms with Gasteiger partial charge in [0.25, 0.3) is 10.0 Å². The monoisotopic (exact) mass is 733 g/mol. The van der Waals surface area contributed by atoms with Gasteiger partial charge in [-0.1, -0.05) is 73.3 Å². The van der Waals surface area contributed by atoms with E-state index in [1.165, 1.54) is 49.5 Å². The molecule has 4 aromatic rings.